The molecule has 2 aromatic heterocycles. The van der Waals surface area contributed by atoms with E-state index in [1.54, 1.807) is 13.3 Å². The Balaban J connectivity index is 1.31. The SMILES string of the molecule is COc1ccccc1CC(=O)N1CCC(NC(=O)c2nc3cccnc3s2)CC1. The molecule has 0 saturated carbocycles. The van der Waals surface area contributed by atoms with Crippen LogP contribution in [-0.2, 0) is 11.2 Å². The smallest absolute Gasteiger partial charge is 0.280 e. The maximum absolute atomic E-state index is 12.7. The summed E-state index contributed by atoms with van der Waals surface area (Å²) >= 11 is 1.29. The number of thiazole rings is 1. The quantitative estimate of drug-likeness (QED) is 0.699. The number of fused-ring (bicyclic) bond motifs is 1. The number of amides is 2. The number of ether oxygens (including phenoxy) is 1. The fraction of sp³-hybridized carbons (Fsp3) is 0.333. The Morgan fingerprint density at radius 1 is 1.21 bits per heavy atom. The topological polar surface area (TPSA) is 84.4 Å². The van der Waals surface area contributed by atoms with Crippen LogP contribution in [0.5, 0.6) is 5.75 Å². The van der Waals surface area contributed by atoms with Crippen molar-refractivity contribution in [2.75, 3.05) is 20.2 Å². The maximum Gasteiger partial charge on any atom is 0.280 e. The number of hydrogen-bond donors (Lipinski definition) is 1. The zero-order valence-corrected chi connectivity index (χ0v) is 16.9. The molecule has 0 radical (unpaired) electrons. The van der Waals surface area contributed by atoms with E-state index in [2.05, 4.69) is 15.3 Å². The second-order valence-electron chi connectivity index (χ2n) is 6.96. The molecule has 3 aromatic rings. The third kappa shape index (κ3) is 4.37. The third-order valence-electron chi connectivity index (χ3n) is 5.08. The molecule has 8 heteroatoms. The number of carbonyl (C=O) groups excluding carboxylic acids is 2. The molecule has 7 nitrogen and oxygen atoms in total. The second kappa shape index (κ2) is 8.57. The number of likely N-dealkylation sites (tertiary alicyclic amines) is 1. The van der Waals surface area contributed by atoms with Gasteiger partial charge in [0, 0.05) is 30.9 Å². The van der Waals surface area contributed by atoms with Gasteiger partial charge in [-0.05, 0) is 31.0 Å². The average Bonchev–Trinajstić information content (AvgIpc) is 3.19. The number of nitrogens with one attached hydrogen (secondary N) is 1. The van der Waals surface area contributed by atoms with Gasteiger partial charge in [-0.3, -0.25) is 9.59 Å². The van der Waals surface area contributed by atoms with Gasteiger partial charge in [-0.1, -0.05) is 29.5 Å². The number of benzene rings is 1. The highest BCUT2D eigenvalue weighted by Crippen LogP contribution is 2.21. The minimum atomic E-state index is -0.174. The van der Waals surface area contributed by atoms with Crippen LogP contribution in [0.25, 0.3) is 10.3 Å². The number of hydrogen-bond acceptors (Lipinski definition) is 6. The first kappa shape index (κ1) is 19.3. The predicted octanol–water partition coefficient (Wildman–Crippen LogP) is 2.66. The van der Waals surface area contributed by atoms with Crippen molar-refractivity contribution in [3.8, 4) is 5.75 Å². The van der Waals surface area contributed by atoms with Gasteiger partial charge < -0.3 is 15.0 Å². The van der Waals surface area contributed by atoms with Crippen molar-refractivity contribution in [1.82, 2.24) is 20.2 Å². The van der Waals surface area contributed by atoms with Crippen LogP contribution in [0.2, 0.25) is 0 Å². The normalized spacial score (nSPS) is 14.7. The van der Waals surface area contributed by atoms with Crippen LogP contribution < -0.4 is 10.1 Å². The molecule has 1 fully saturated rings. The molecule has 0 aliphatic carbocycles. The van der Waals surface area contributed by atoms with E-state index in [0.29, 0.717) is 24.5 Å². The lowest BCUT2D eigenvalue weighted by Crippen LogP contribution is -2.47. The van der Waals surface area contributed by atoms with Crippen LogP contribution in [0.1, 0.15) is 28.2 Å². The van der Waals surface area contributed by atoms with Gasteiger partial charge in [0.05, 0.1) is 13.5 Å². The van der Waals surface area contributed by atoms with E-state index in [1.807, 2.05) is 41.3 Å². The van der Waals surface area contributed by atoms with Crippen LogP contribution in [0.15, 0.2) is 42.6 Å². The summed E-state index contributed by atoms with van der Waals surface area (Å²) in [4.78, 5) is 36.4. The van der Waals surface area contributed by atoms with E-state index in [9.17, 15) is 9.59 Å². The number of nitrogens with zero attached hydrogens (tertiary/aromatic N) is 3. The summed E-state index contributed by atoms with van der Waals surface area (Å²) in [6.45, 7) is 1.25. The summed E-state index contributed by atoms with van der Waals surface area (Å²) in [6, 6.07) is 11.3. The number of para-hydroxylation sites is 1. The predicted molar refractivity (Wildman–Crippen MR) is 111 cm³/mol. The molecule has 1 saturated heterocycles. The van der Waals surface area contributed by atoms with E-state index in [4.69, 9.17) is 4.74 Å². The first-order chi connectivity index (χ1) is 14.1. The molecule has 1 N–H and O–H groups in total. The van der Waals surface area contributed by atoms with Gasteiger partial charge >= 0.3 is 0 Å². The lowest BCUT2D eigenvalue weighted by atomic mass is 10.0. The molecule has 0 unspecified atom stereocenters. The summed E-state index contributed by atoms with van der Waals surface area (Å²) in [5, 5.41) is 3.47. The van der Waals surface area contributed by atoms with Gasteiger partial charge in [0.25, 0.3) is 5.91 Å². The minimum absolute atomic E-state index is 0.0396. The monoisotopic (exact) mass is 410 g/mol. The second-order valence-corrected chi connectivity index (χ2v) is 7.94. The molecule has 3 heterocycles. The molecule has 4 rings (SSSR count). The highest BCUT2D eigenvalue weighted by atomic mass is 32.1. The van der Waals surface area contributed by atoms with E-state index in [-0.39, 0.29) is 17.9 Å². The number of rotatable bonds is 5. The van der Waals surface area contributed by atoms with Crippen molar-refractivity contribution < 1.29 is 14.3 Å². The van der Waals surface area contributed by atoms with Crippen molar-refractivity contribution in [3.05, 3.63) is 53.2 Å². The zero-order chi connectivity index (χ0) is 20.2. The summed E-state index contributed by atoms with van der Waals surface area (Å²) in [7, 11) is 1.61. The van der Waals surface area contributed by atoms with Gasteiger partial charge in [0.15, 0.2) is 5.01 Å². The van der Waals surface area contributed by atoms with Gasteiger partial charge in [0.2, 0.25) is 5.91 Å². The van der Waals surface area contributed by atoms with Gasteiger partial charge in [-0.15, -0.1) is 0 Å². The molecule has 1 aromatic carbocycles. The number of pyridine rings is 1. The fourth-order valence-electron chi connectivity index (χ4n) is 3.51. The van der Waals surface area contributed by atoms with Crippen LogP contribution in [-0.4, -0.2) is 52.9 Å². The molecule has 0 spiro atoms. The van der Waals surface area contributed by atoms with Crippen LogP contribution >= 0.6 is 11.3 Å². The van der Waals surface area contributed by atoms with Crippen LogP contribution in [0.3, 0.4) is 0 Å². The van der Waals surface area contributed by atoms with Crippen LogP contribution in [0.4, 0.5) is 0 Å². The van der Waals surface area contributed by atoms with E-state index in [0.717, 1.165) is 34.5 Å². The number of methoxy groups -OCH3 is 1. The molecule has 29 heavy (non-hydrogen) atoms. The summed E-state index contributed by atoms with van der Waals surface area (Å²) in [6.07, 6.45) is 3.47. The number of carbonyl (C=O) groups is 2. The van der Waals surface area contributed by atoms with Crippen molar-refractivity contribution >= 4 is 33.5 Å². The lowest BCUT2D eigenvalue weighted by molar-refractivity contribution is -0.131. The van der Waals surface area contributed by atoms with E-state index < -0.39 is 0 Å². The average molecular weight is 410 g/mol. The van der Waals surface area contributed by atoms with Gasteiger partial charge in [-0.25, -0.2) is 9.97 Å². The summed E-state index contributed by atoms with van der Waals surface area (Å²) in [5.41, 5.74) is 1.62. The van der Waals surface area contributed by atoms with Crippen LogP contribution in [0, 0.1) is 0 Å². The highest BCUT2D eigenvalue weighted by Gasteiger charge is 2.25. The molecule has 150 valence electrons. The van der Waals surface area contributed by atoms with Crippen molar-refractivity contribution in [3.63, 3.8) is 0 Å². The Hall–Kier alpha value is -3.00. The van der Waals surface area contributed by atoms with E-state index >= 15 is 0 Å². The molecular weight excluding hydrogens is 388 g/mol. The molecule has 0 bridgehead atoms. The number of piperidine rings is 1. The van der Waals surface area contributed by atoms with Crippen molar-refractivity contribution in [2.24, 2.45) is 0 Å². The van der Waals surface area contributed by atoms with Gasteiger partial charge in [0.1, 0.15) is 16.1 Å². The fourth-order valence-corrected chi connectivity index (χ4v) is 4.32. The summed E-state index contributed by atoms with van der Waals surface area (Å²) in [5.74, 6) is 0.636. The lowest BCUT2D eigenvalue weighted by Gasteiger charge is -2.32. The standard InChI is InChI=1S/C21H22N4O3S/c1-28-17-7-3-2-5-14(17)13-18(26)25-11-8-15(9-12-25)23-19(27)21-24-16-6-4-10-22-20(16)29-21/h2-7,10,15H,8-9,11-13H2,1H3,(H,23,27). The molecule has 1 aliphatic heterocycles. The van der Waals surface area contributed by atoms with Gasteiger partial charge in [-0.2, -0.15) is 0 Å². The van der Waals surface area contributed by atoms with Crippen molar-refractivity contribution in [2.45, 2.75) is 25.3 Å². The Labute approximate surface area is 172 Å². The first-order valence-corrected chi connectivity index (χ1v) is 10.4. The maximum atomic E-state index is 12.7. The molecule has 1 aliphatic rings. The Morgan fingerprint density at radius 3 is 2.76 bits per heavy atom. The minimum Gasteiger partial charge on any atom is -0.496 e. The zero-order valence-electron chi connectivity index (χ0n) is 16.1. The number of aromatic nitrogens is 2. The molecular formula is C21H22N4O3S. The molecule has 2 amide bonds. The van der Waals surface area contributed by atoms with E-state index in [1.165, 1.54) is 11.3 Å². The summed E-state index contributed by atoms with van der Waals surface area (Å²) < 4.78 is 5.33. The molecule has 0 atom stereocenters. The first-order valence-electron chi connectivity index (χ1n) is 9.56. The third-order valence-corrected chi connectivity index (χ3v) is 6.06. The Bertz CT molecular complexity index is 994. The highest BCUT2D eigenvalue weighted by molar-refractivity contribution is 7.19. The Kier molecular flexibility index (Phi) is 5.71. The Morgan fingerprint density at radius 2 is 2.00 bits per heavy atom. The largest absolute Gasteiger partial charge is 0.496 e. The van der Waals surface area contributed by atoms with Crippen molar-refractivity contribution in [1.29, 1.82) is 0 Å².